The average Bonchev–Trinajstić information content (AvgIpc) is 2.95. The average molecular weight is 326 g/mol. The van der Waals surface area contributed by atoms with E-state index < -0.39 is 10.2 Å². The Hall–Kier alpha value is -1.31. The molecule has 6 nitrogen and oxygen atoms in total. The van der Waals surface area contributed by atoms with E-state index in [0.29, 0.717) is 32.0 Å². The van der Waals surface area contributed by atoms with Crippen LogP contribution in [0.3, 0.4) is 0 Å². The van der Waals surface area contributed by atoms with Gasteiger partial charge in [0.15, 0.2) is 11.5 Å². The number of ether oxygens (including phenoxy) is 2. The summed E-state index contributed by atoms with van der Waals surface area (Å²) in [5.74, 6) is 2.08. The first-order chi connectivity index (χ1) is 10.5. The van der Waals surface area contributed by atoms with Crippen LogP contribution in [-0.2, 0) is 16.6 Å². The summed E-state index contributed by atoms with van der Waals surface area (Å²) in [7, 11) is -3.36. The quantitative estimate of drug-likeness (QED) is 0.891. The second kappa shape index (κ2) is 6.44. The van der Waals surface area contributed by atoms with Crippen molar-refractivity contribution < 1.29 is 17.9 Å². The SMILES string of the molecule is CC1CCN(S(=O)(=O)NCCc2ccc3c(c2)OCO3)CC1. The van der Waals surface area contributed by atoms with Crippen LogP contribution in [0.4, 0.5) is 0 Å². The van der Waals surface area contributed by atoms with Gasteiger partial charge in [0.05, 0.1) is 0 Å². The Morgan fingerprint density at radius 2 is 1.95 bits per heavy atom. The normalized spacial score (nSPS) is 19.5. The van der Waals surface area contributed by atoms with E-state index in [-0.39, 0.29) is 6.79 Å². The van der Waals surface area contributed by atoms with Crippen LogP contribution < -0.4 is 14.2 Å². The molecule has 0 unspecified atom stereocenters. The van der Waals surface area contributed by atoms with Crippen molar-refractivity contribution in [1.29, 1.82) is 0 Å². The first-order valence-corrected chi connectivity index (χ1v) is 9.12. The van der Waals surface area contributed by atoms with Crippen LogP contribution in [-0.4, -0.2) is 39.2 Å². The molecule has 7 heteroatoms. The van der Waals surface area contributed by atoms with Gasteiger partial charge in [-0.05, 0) is 42.9 Å². The van der Waals surface area contributed by atoms with E-state index in [1.54, 1.807) is 4.31 Å². The summed E-state index contributed by atoms with van der Waals surface area (Å²) in [5, 5.41) is 0. The van der Waals surface area contributed by atoms with Gasteiger partial charge >= 0.3 is 0 Å². The van der Waals surface area contributed by atoms with Crippen LogP contribution in [0.5, 0.6) is 11.5 Å². The highest BCUT2D eigenvalue weighted by Crippen LogP contribution is 2.32. The number of hydrogen-bond donors (Lipinski definition) is 1. The van der Waals surface area contributed by atoms with Gasteiger partial charge in [-0.15, -0.1) is 0 Å². The summed E-state index contributed by atoms with van der Waals surface area (Å²) in [6.07, 6.45) is 2.49. The van der Waals surface area contributed by atoms with E-state index in [9.17, 15) is 8.42 Å². The molecule has 2 aliphatic rings. The van der Waals surface area contributed by atoms with E-state index in [4.69, 9.17) is 9.47 Å². The molecule has 0 bridgehead atoms. The van der Waals surface area contributed by atoms with Crippen LogP contribution in [0, 0.1) is 5.92 Å². The number of hydrogen-bond acceptors (Lipinski definition) is 4. The molecule has 22 heavy (non-hydrogen) atoms. The third-order valence-corrected chi connectivity index (χ3v) is 5.83. The highest BCUT2D eigenvalue weighted by atomic mass is 32.2. The molecule has 2 heterocycles. The largest absolute Gasteiger partial charge is 0.454 e. The van der Waals surface area contributed by atoms with Crippen molar-refractivity contribution in [2.75, 3.05) is 26.4 Å². The summed E-state index contributed by atoms with van der Waals surface area (Å²) in [4.78, 5) is 0. The molecule has 122 valence electrons. The summed E-state index contributed by atoms with van der Waals surface area (Å²) in [6, 6.07) is 5.70. The Morgan fingerprint density at radius 3 is 2.73 bits per heavy atom. The molecule has 0 radical (unpaired) electrons. The molecular formula is C15H22N2O4S. The lowest BCUT2D eigenvalue weighted by atomic mass is 10.0. The first-order valence-electron chi connectivity index (χ1n) is 7.68. The predicted octanol–water partition coefficient (Wildman–Crippen LogP) is 1.52. The molecule has 1 saturated heterocycles. The summed E-state index contributed by atoms with van der Waals surface area (Å²) in [6.45, 7) is 4.02. The monoisotopic (exact) mass is 326 g/mol. The standard InChI is InChI=1S/C15H22N2O4S/c1-12-5-8-17(9-6-12)22(18,19)16-7-4-13-2-3-14-15(10-13)21-11-20-14/h2-3,10,12,16H,4-9,11H2,1H3. The van der Waals surface area contributed by atoms with Crippen molar-refractivity contribution in [1.82, 2.24) is 9.03 Å². The molecule has 0 saturated carbocycles. The van der Waals surface area contributed by atoms with E-state index in [0.717, 1.165) is 29.9 Å². The fourth-order valence-electron chi connectivity index (χ4n) is 2.74. The minimum atomic E-state index is -3.36. The Morgan fingerprint density at radius 1 is 1.23 bits per heavy atom. The lowest BCUT2D eigenvalue weighted by Crippen LogP contribution is -2.45. The summed E-state index contributed by atoms with van der Waals surface area (Å²) < 4.78 is 39.3. The number of fused-ring (bicyclic) bond motifs is 1. The molecule has 0 spiro atoms. The van der Waals surface area contributed by atoms with Gasteiger partial charge < -0.3 is 9.47 Å². The Bertz CT molecular complexity index is 624. The number of nitrogens with one attached hydrogen (secondary N) is 1. The fourth-order valence-corrected chi connectivity index (χ4v) is 3.97. The summed E-state index contributed by atoms with van der Waals surface area (Å²) in [5.41, 5.74) is 1.03. The van der Waals surface area contributed by atoms with Gasteiger partial charge in [0.25, 0.3) is 10.2 Å². The van der Waals surface area contributed by atoms with Gasteiger partial charge in [0.1, 0.15) is 0 Å². The molecule has 0 aromatic heterocycles. The Kier molecular flexibility index (Phi) is 4.56. The smallest absolute Gasteiger partial charge is 0.279 e. The molecule has 2 aliphatic heterocycles. The molecule has 0 atom stereocenters. The number of benzene rings is 1. The Balaban J connectivity index is 1.52. The second-order valence-corrected chi connectivity index (χ2v) is 7.67. The van der Waals surface area contributed by atoms with Crippen LogP contribution in [0.15, 0.2) is 18.2 Å². The second-order valence-electron chi connectivity index (χ2n) is 5.92. The van der Waals surface area contributed by atoms with Crippen molar-refractivity contribution in [3.8, 4) is 11.5 Å². The molecule has 1 aromatic carbocycles. The van der Waals surface area contributed by atoms with E-state index in [2.05, 4.69) is 11.6 Å². The van der Waals surface area contributed by atoms with E-state index in [1.807, 2.05) is 18.2 Å². The number of piperidine rings is 1. The lowest BCUT2D eigenvalue weighted by molar-refractivity contribution is 0.174. The number of rotatable bonds is 5. The van der Waals surface area contributed by atoms with E-state index in [1.165, 1.54) is 0 Å². The minimum absolute atomic E-state index is 0.249. The highest BCUT2D eigenvalue weighted by molar-refractivity contribution is 7.87. The zero-order valence-electron chi connectivity index (χ0n) is 12.7. The van der Waals surface area contributed by atoms with Gasteiger partial charge in [-0.3, -0.25) is 0 Å². The maximum absolute atomic E-state index is 12.2. The van der Waals surface area contributed by atoms with Gasteiger partial charge in [-0.2, -0.15) is 12.7 Å². The molecule has 3 rings (SSSR count). The predicted molar refractivity (Wildman–Crippen MR) is 83.2 cm³/mol. The van der Waals surface area contributed by atoms with Crippen molar-refractivity contribution >= 4 is 10.2 Å². The lowest BCUT2D eigenvalue weighted by Gasteiger charge is -2.29. The molecular weight excluding hydrogens is 304 g/mol. The maximum atomic E-state index is 12.2. The zero-order valence-corrected chi connectivity index (χ0v) is 13.6. The Labute approximate surface area is 131 Å². The highest BCUT2D eigenvalue weighted by Gasteiger charge is 2.25. The summed E-state index contributed by atoms with van der Waals surface area (Å²) >= 11 is 0. The fraction of sp³-hybridized carbons (Fsp3) is 0.600. The van der Waals surface area contributed by atoms with Gasteiger partial charge in [0.2, 0.25) is 6.79 Å². The maximum Gasteiger partial charge on any atom is 0.279 e. The number of nitrogens with zero attached hydrogens (tertiary/aromatic N) is 1. The molecule has 1 N–H and O–H groups in total. The van der Waals surface area contributed by atoms with Crippen LogP contribution >= 0.6 is 0 Å². The van der Waals surface area contributed by atoms with Gasteiger partial charge in [0, 0.05) is 19.6 Å². The zero-order chi connectivity index (χ0) is 15.6. The van der Waals surface area contributed by atoms with Crippen molar-refractivity contribution in [3.63, 3.8) is 0 Å². The van der Waals surface area contributed by atoms with Gasteiger partial charge in [-0.25, -0.2) is 4.72 Å². The van der Waals surface area contributed by atoms with Crippen molar-refractivity contribution in [2.24, 2.45) is 5.92 Å². The topological polar surface area (TPSA) is 67.9 Å². The molecule has 0 amide bonds. The minimum Gasteiger partial charge on any atom is -0.454 e. The van der Waals surface area contributed by atoms with Crippen molar-refractivity contribution in [3.05, 3.63) is 23.8 Å². The van der Waals surface area contributed by atoms with Crippen LogP contribution in [0.2, 0.25) is 0 Å². The first kappa shape index (κ1) is 15.6. The van der Waals surface area contributed by atoms with E-state index >= 15 is 0 Å². The molecule has 1 aromatic rings. The third-order valence-electron chi connectivity index (χ3n) is 4.22. The van der Waals surface area contributed by atoms with Crippen LogP contribution in [0.1, 0.15) is 25.3 Å². The van der Waals surface area contributed by atoms with Crippen molar-refractivity contribution in [2.45, 2.75) is 26.2 Å². The van der Waals surface area contributed by atoms with Crippen LogP contribution in [0.25, 0.3) is 0 Å². The van der Waals surface area contributed by atoms with Gasteiger partial charge in [-0.1, -0.05) is 13.0 Å². The molecule has 1 fully saturated rings. The molecule has 0 aliphatic carbocycles. The third kappa shape index (κ3) is 3.53.